The number of rotatable bonds is 1. The van der Waals surface area contributed by atoms with Crippen LogP contribution in [0.2, 0.25) is 0 Å². The largest absolute Gasteiger partial charge is 0.294 e. The lowest BCUT2D eigenvalue weighted by Crippen LogP contribution is -2.14. The van der Waals surface area contributed by atoms with Gasteiger partial charge >= 0.3 is 0 Å². The Kier molecular flexibility index (Phi) is 1.96. The van der Waals surface area contributed by atoms with E-state index < -0.39 is 0 Å². The molecule has 4 heteroatoms. The van der Waals surface area contributed by atoms with E-state index in [9.17, 15) is 4.79 Å². The summed E-state index contributed by atoms with van der Waals surface area (Å²) < 4.78 is 1.43. The van der Waals surface area contributed by atoms with Gasteiger partial charge < -0.3 is 0 Å². The third-order valence-electron chi connectivity index (χ3n) is 1.97. The Hall–Kier alpha value is -1.84. The summed E-state index contributed by atoms with van der Waals surface area (Å²) >= 11 is 0. The molecule has 1 N–H and O–H groups in total. The van der Waals surface area contributed by atoms with Crippen molar-refractivity contribution in [3.63, 3.8) is 0 Å². The Morgan fingerprint density at radius 2 is 2.14 bits per heavy atom. The summed E-state index contributed by atoms with van der Waals surface area (Å²) in [7, 11) is 0. The summed E-state index contributed by atoms with van der Waals surface area (Å²) in [5.74, 6) is 0.619. The van der Waals surface area contributed by atoms with Crippen LogP contribution in [0, 0.1) is 13.8 Å². The molecule has 0 aliphatic rings. The van der Waals surface area contributed by atoms with Crippen LogP contribution in [0.1, 0.15) is 11.3 Å². The zero-order chi connectivity index (χ0) is 10.1. The van der Waals surface area contributed by atoms with Crippen molar-refractivity contribution in [1.29, 1.82) is 0 Å². The molecule has 0 aliphatic heterocycles. The first-order valence-corrected chi connectivity index (χ1v) is 4.38. The van der Waals surface area contributed by atoms with Crippen LogP contribution in [-0.2, 0) is 0 Å². The monoisotopic (exact) mass is 189 g/mol. The molecule has 2 aromatic rings. The Bertz CT molecular complexity index is 493. The highest BCUT2D eigenvalue weighted by Gasteiger charge is 2.02. The zero-order valence-corrected chi connectivity index (χ0v) is 8.11. The minimum atomic E-state index is -0.0844. The van der Waals surface area contributed by atoms with Crippen molar-refractivity contribution in [2.24, 2.45) is 0 Å². The maximum atomic E-state index is 11.4. The molecular formula is C10H11N3O. The molecule has 2 aromatic heterocycles. The van der Waals surface area contributed by atoms with Crippen LogP contribution in [0.5, 0.6) is 0 Å². The molecule has 72 valence electrons. The van der Waals surface area contributed by atoms with Gasteiger partial charge in [0.15, 0.2) is 5.82 Å². The molecule has 0 radical (unpaired) electrons. The van der Waals surface area contributed by atoms with E-state index in [4.69, 9.17) is 0 Å². The molecule has 2 heterocycles. The van der Waals surface area contributed by atoms with Crippen LogP contribution in [0.4, 0.5) is 0 Å². The smallest absolute Gasteiger partial charge is 0.272 e. The van der Waals surface area contributed by atoms with Crippen LogP contribution in [0.25, 0.3) is 5.82 Å². The highest BCUT2D eigenvalue weighted by Crippen LogP contribution is 2.01. The van der Waals surface area contributed by atoms with Crippen LogP contribution in [-0.4, -0.2) is 14.8 Å². The molecule has 0 unspecified atom stereocenters. The molecule has 0 spiro atoms. The summed E-state index contributed by atoms with van der Waals surface area (Å²) in [6.45, 7) is 3.80. The maximum Gasteiger partial charge on any atom is 0.272 e. The first-order valence-electron chi connectivity index (χ1n) is 4.38. The molecule has 0 bridgehead atoms. The number of hydrogen-bond acceptors (Lipinski definition) is 2. The normalized spacial score (nSPS) is 10.4. The van der Waals surface area contributed by atoms with E-state index in [2.05, 4.69) is 10.1 Å². The fraction of sp³-hybridized carbons (Fsp3) is 0.200. The number of H-pyrrole nitrogens is 1. The topological polar surface area (TPSA) is 50.7 Å². The predicted molar refractivity (Wildman–Crippen MR) is 53.7 cm³/mol. The van der Waals surface area contributed by atoms with E-state index in [-0.39, 0.29) is 5.56 Å². The molecule has 0 saturated carbocycles. The summed E-state index contributed by atoms with van der Waals surface area (Å²) in [4.78, 5) is 15.6. The number of aromatic amines is 1. The van der Waals surface area contributed by atoms with Crippen molar-refractivity contribution < 1.29 is 0 Å². The van der Waals surface area contributed by atoms with E-state index in [0.717, 1.165) is 11.3 Å². The molecule has 2 rings (SSSR count). The lowest BCUT2D eigenvalue weighted by Gasteiger charge is -2.00. The lowest BCUT2D eigenvalue weighted by atomic mass is 10.3. The summed E-state index contributed by atoms with van der Waals surface area (Å²) in [5, 5.41) is 2.92. The number of aromatic nitrogens is 3. The quantitative estimate of drug-likeness (QED) is 0.732. The summed E-state index contributed by atoms with van der Waals surface area (Å²) in [5.41, 5.74) is 1.82. The number of pyridine rings is 1. The van der Waals surface area contributed by atoms with Gasteiger partial charge in [-0.25, -0.2) is 9.67 Å². The van der Waals surface area contributed by atoms with Crippen molar-refractivity contribution in [1.82, 2.24) is 14.8 Å². The molecule has 0 amide bonds. The van der Waals surface area contributed by atoms with Gasteiger partial charge in [-0.15, -0.1) is 0 Å². The maximum absolute atomic E-state index is 11.4. The van der Waals surface area contributed by atoms with E-state index in [1.807, 2.05) is 26.0 Å². The minimum Gasteiger partial charge on any atom is -0.294 e. The second-order valence-electron chi connectivity index (χ2n) is 3.31. The van der Waals surface area contributed by atoms with Crippen LogP contribution in [0.3, 0.4) is 0 Å². The van der Waals surface area contributed by atoms with Gasteiger partial charge in [-0.3, -0.25) is 9.89 Å². The first kappa shape index (κ1) is 8.74. The van der Waals surface area contributed by atoms with E-state index in [0.29, 0.717) is 5.82 Å². The SMILES string of the molecule is Cc1ccc(-n2[nH]c(C)cc2=O)nc1. The van der Waals surface area contributed by atoms with Crippen molar-refractivity contribution in [2.75, 3.05) is 0 Å². The van der Waals surface area contributed by atoms with Crippen LogP contribution >= 0.6 is 0 Å². The standard InChI is InChI=1S/C10H11N3O/c1-7-3-4-9(11-6-7)13-10(14)5-8(2)12-13/h3-6,12H,1-2H3. The van der Waals surface area contributed by atoms with Gasteiger partial charge in [0.25, 0.3) is 5.56 Å². The third-order valence-corrected chi connectivity index (χ3v) is 1.97. The van der Waals surface area contributed by atoms with Crippen molar-refractivity contribution >= 4 is 0 Å². The zero-order valence-electron chi connectivity index (χ0n) is 8.11. The minimum absolute atomic E-state index is 0.0844. The molecule has 0 atom stereocenters. The third kappa shape index (κ3) is 1.46. The average molecular weight is 189 g/mol. The fourth-order valence-electron chi connectivity index (χ4n) is 1.28. The Labute approximate surface area is 81.2 Å². The van der Waals surface area contributed by atoms with E-state index >= 15 is 0 Å². The Morgan fingerprint density at radius 3 is 2.64 bits per heavy atom. The fourth-order valence-corrected chi connectivity index (χ4v) is 1.28. The number of aryl methyl sites for hydroxylation is 2. The lowest BCUT2D eigenvalue weighted by molar-refractivity contribution is 0.806. The Balaban J connectivity index is 2.54. The van der Waals surface area contributed by atoms with Gasteiger partial charge in [0.1, 0.15) is 0 Å². The summed E-state index contributed by atoms with van der Waals surface area (Å²) in [6.07, 6.45) is 1.73. The molecular weight excluding hydrogens is 178 g/mol. The van der Waals surface area contributed by atoms with Gasteiger partial charge in [0, 0.05) is 18.0 Å². The van der Waals surface area contributed by atoms with Crippen molar-refractivity contribution in [3.8, 4) is 5.82 Å². The van der Waals surface area contributed by atoms with Crippen LogP contribution < -0.4 is 5.56 Å². The van der Waals surface area contributed by atoms with Gasteiger partial charge in [-0.05, 0) is 25.5 Å². The van der Waals surface area contributed by atoms with Gasteiger partial charge in [0.2, 0.25) is 0 Å². The number of nitrogens with one attached hydrogen (secondary N) is 1. The molecule has 0 fully saturated rings. The van der Waals surface area contributed by atoms with E-state index in [1.54, 1.807) is 12.3 Å². The van der Waals surface area contributed by atoms with Gasteiger partial charge in [-0.2, -0.15) is 0 Å². The van der Waals surface area contributed by atoms with Crippen molar-refractivity contribution in [2.45, 2.75) is 13.8 Å². The Morgan fingerprint density at radius 1 is 1.36 bits per heavy atom. The average Bonchev–Trinajstić information content (AvgIpc) is 2.47. The molecule has 4 nitrogen and oxygen atoms in total. The highest BCUT2D eigenvalue weighted by molar-refractivity contribution is 5.24. The molecule has 0 aliphatic carbocycles. The summed E-state index contributed by atoms with van der Waals surface area (Å²) in [6, 6.07) is 5.28. The predicted octanol–water partition coefficient (Wildman–Crippen LogP) is 1.18. The van der Waals surface area contributed by atoms with Crippen molar-refractivity contribution in [3.05, 3.63) is 46.0 Å². The number of nitrogens with zero attached hydrogens (tertiary/aromatic N) is 2. The van der Waals surface area contributed by atoms with Crippen LogP contribution in [0.15, 0.2) is 29.2 Å². The second kappa shape index (κ2) is 3.14. The molecule has 14 heavy (non-hydrogen) atoms. The number of hydrogen-bond donors (Lipinski definition) is 1. The van der Waals surface area contributed by atoms with Gasteiger partial charge in [-0.1, -0.05) is 6.07 Å². The first-order chi connectivity index (χ1) is 6.66. The van der Waals surface area contributed by atoms with E-state index in [1.165, 1.54) is 4.68 Å². The molecule has 0 aromatic carbocycles. The molecule has 0 saturated heterocycles. The highest BCUT2D eigenvalue weighted by atomic mass is 16.1. The van der Waals surface area contributed by atoms with Gasteiger partial charge in [0.05, 0.1) is 0 Å². The second-order valence-corrected chi connectivity index (χ2v) is 3.31.